The van der Waals surface area contributed by atoms with Gasteiger partial charge in [0.15, 0.2) is 14.7 Å². The van der Waals surface area contributed by atoms with E-state index in [4.69, 9.17) is 5.84 Å². The zero-order valence-electron chi connectivity index (χ0n) is 10.5. The van der Waals surface area contributed by atoms with Crippen LogP contribution in [-0.4, -0.2) is 37.9 Å². The van der Waals surface area contributed by atoms with Crippen molar-refractivity contribution >= 4 is 9.84 Å². The van der Waals surface area contributed by atoms with Crippen molar-refractivity contribution in [2.45, 2.75) is 23.1 Å². The Morgan fingerprint density at radius 3 is 2.61 bits per heavy atom. The van der Waals surface area contributed by atoms with Gasteiger partial charge in [0, 0.05) is 19.6 Å². The van der Waals surface area contributed by atoms with Crippen molar-refractivity contribution in [2.75, 3.05) is 19.6 Å². The molecule has 0 aromatic heterocycles. The summed E-state index contributed by atoms with van der Waals surface area (Å²) in [6, 6.07) is 8.50. The zero-order valence-corrected chi connectivity index (χ0v) is 11.3. The fraction of sp³-hybridized carbons (Fsp3) is 0.500. The molecule has 0 bridgehead atoms. The molecule has 1 aromatic carbocycles. The lowest BCUT2D eigenvalue weighted by atomic mass is 10.1. The smallest absolute Gasteiger partial charge is 0.199 e. The van der Waals surface area contributed by atoms with E-state index in [1.54, 1.807) is 30.3 Å². The van der Waals surface area contributed by atoms with Crippen molar-refractivity contribution in [1.29, 1.82) is 0 Å². The van der Waals surface area contributed by atoms with Gasteiger partial charge in [-0.1, -0.05) is 25.1 Å². The van der Waals surface area contributed by atoms with Crippen LogP contribution in [0, 0.1) is 0 Å². The minimum atomic E-state index is -3.48. The molecule has 1 unspecified atom stereocenters. The quantitative estimate of drug-likeness (QED) is 0.774. The Morgan fingerprint density at radius 1 is 1.39 bits per heavy atom. The van der Waals surface area contributed by atoms with Crippen LogP contribution in [0.3, 0.4) is 0 Å². The molecule has 0 spiro atoms. The average Bonchev–Trinajstić information content (AvgIpc) is 2.40. The topological polar surface area (TPSA) is 75.4 Å². The van der Waals surface area contributed by atoms with E-state index in [1.807, 2.05) is 6.92 Å². The number of hydrogen-bond donors (Lipinski definition) is 2. The third-order valence-corrected chi connectivity index (χ3v) is 6.12. The summed E-state index contributed by atoms with van der Waals surface area (Å²) in [5.74, 6) is 5.96. The highest BCUT2D eigenvalue weighted by molar-refractivity contribution is 7.92. The summed E-state index contributed by atoms with van der Waals surface area (Å²) in [7, 11) is -3.48. The second-order valence-corrected chi connectivity index (χ2v) is 6.72. The lowest BCUT2D eigenvalue weighted by Crippen LogP contribution is -2.67. The van der Waals surface area contributed by atoms with Crippen molar-refractivity contribution < 1.29 is 8.42 Å². The molecule has 3 N–H and O–H groups in total. The summed E-state index contributed by atoms with van der Waals surface area (Å²) in [6.07, 6.45) is 0.452. The molecule has 1 aliphatic heterocycles. The predicted octanol–water partition coefficient (Wildman–Crippen LogP) is 0.346. The molecule has 6 heteroatoms. The van der Waals surface area contributed by atoms with E-state index in [9.17, 15) is 8.42 Å². The van der Waals surface area contributed by atoms with Crippen LogP contribution in [0.1, 0.15) is 13.3 Å². The number of rotatable bonds is 3. The van der Waals surface area contributed by atoms with Crippen molar-refractivity contribution in [3.05, 3.63) is 30.3 Å². The van der Waals surface area contributed by atoms with E-state index >= 15 is 0 Å². The SMILES string of the molecule is CCC1(S(=O)(=O)c2ccccc2)CNCCN1N. The average molecular weight is 269 g/mol. The molecule has 1 saturated heterocycles. The van der Waals surface area contributed by atoms with Gasteiger partial charge in [-0.15, -0.1) is 0 Å². The van der Waals surface area contributed by atoms with Crippen molar-refractivity contribution in [3.8, 4) is 0 Å². The summed E-state index contributed by atoms with van der Waals surface area (Å²) in [4.78, 5) is -0.724. The molecule has 1 aromatic rings. The van der Waals surface area contributed by atoms with Crippen LogP contribution in [-0.2, 0) is 9.84 Å². The second-order valence-electron chi connectivity index (χ2n) is 4.49. The van der Waals surface area contributed by atoms with Gasteiger partial charge in [0.1, 0.15) is 0 Å². The molecule has 100 valence electrons. The van der Waals surface area contributed by atoms with Crippen molar-refractivity contribution in [2.24, 2.45) is 5.84 Å². The van der Waals surface area contributed by atoms with E-state index < -0.39 is 14.7 Å². The third kappa shape index (κ3) is 1.95. The minimum absolute atomic E-state index is 0.325. The van der Waals surface area contributed by atoms with Gasteiger partial charge in [0.25, 0.3) is 0 Å². The van der Waals surface area contributed by atoms with Gasteiger partial charge >= 0.3 is 0 Å². The van der Waals surface area contributed by atoms with Crippen LogP contribution in [0.2, 0.25) is 0 Å². The number of piperazine rings is 1. The van der Waals surface area contributed by atoms with Gasteiger partial charge in [-0.25, -0.2) is 13.4 Å². The first-order valence-corrected chi connectivity index (χ1v) is 7.55. The maximum absolute atomic E-state index is 12.8. The fourth-order valence-corrected chi connectivity index (χ4v) is 4.40. The van der Waals surface area contributed by atoms with Gasteiger partial charge in [-0.2, -0.15) is 0 Å². The summed E-state index contributed by atoms with van der Waals surface area (Å²) < 4.78 is 25.6. The third-order valence-electron chi connectivity index (χ3n) is 3.56. The summed E-state index contributed by atoms with van der Waals surface area (Å²) >= 11 is 0. The molecule has 1 fully saturated rings. The molecule has 1 heterocycles. The number of nitrogens with one attached hydrogen (secondary N) is 1. The number of benzene rings is 1. The normalized spacial score (nSPS) is 26.1. The van der Waals surface area contributed by atoms with Crippen LogP contribution in [0.5, 0.6) is 0 Å². The number of nitrogens with zero attached hydrogens (tertiary/aromatic N) is 1. The fourth-order valence-electron chi connectivity index (χ4n) is 2.38. The maximum Gasteiger partial charge on any atom is 0.199 e. The monoisotopic (exact) mass is 269 g/mol. The Kier molecular flexibility index (Phi) is 3.72. The molecule has 1 aliphatic rings. The molecule has 2 rings (SSSR count). The lowest BCUT2D eigenvalue weighted by Gasteiger charge is -2.43. The summed E-state index contributed by atoms with van der Waals surface area (Å²) in [5, 5.41) is 4.60. The van der Waals surface area contributed by atoms with Crippen LogP contribution >= 0.6 is 0 Å². The second kappa shape index (κ2) is 4.97. The minimum Gasteiger partial charge on any atom is -0.312 e. The molecule has 0 aliphatic carbocycles. The van der Waals surface area contributed by atoms with Crippen molar-refractivity contribution in [1.82, 2.24) is 10.3 Å². The lowest BCUT2D eigenvalue weighted by molar-refractivity contribution is 0.122. The molecule has 0 radical (unpaired) electrons. The van der Waals surface area contributed by atoms with Crippen LogP contribution in [0.15, 0.2) is 35.2 Å². The Labute approximate surface area is 108 Å². The Bertz CT molecular complexity index is 503. The van der Waals surface area contributed by atoms with E-state index in [0.29, 0.717) is 31.0 Å². The number of sulfone groups is 1. The maximum atomic E-state index is 12.8. The van der Waals surface area contributed by atoms with Crippen LogP contribution in [0.4, 0.5) is 0 Å². The highest BCUT2D eigenvalue weighted by atomic mass is 32.2. The standard InChI is InChI=1S/C12H19N3O2S/c1-2-12(10-14-8-9-15(12)13)18(16,17)11-6-4-3-5-7-11/h3-7,14H,2,8-10,13H2,1H3. The first-order chi connectivity index (χ1) is 8.54. The number of hydrazine groups is 1. The van der Waals surface area contributed by atoms with Gasteiger partial charge in [-0.3, -0.25) is 5.84 Å². The van der Waals surface area contributed by atoms with E-state index in [-0.39, 0.29) is 0 Å². The Morgan fingerprint density at radius 2 is 2.06 bits per heavy atom. The molecule has 0 saturated carbocycles. The largest absolute Gasteiger partial charge is 0.312 e. The first-order valence-electron chi connectivity index (χ1n) is 6.07. The van der Waals surface area contributed by atoms with Gasteiger partial charge in [0.05, 0.1) is 4.90 Å². The molecule has 5 nitrogen and oxygen atoms in total. The number of hydrogen-bond acceptors (Lipinski definition) is 5. The van der Waals surface area contributed by atoms with Crippen LogP contribution in [0.25, 0.3) is 0 Å². The highest BCUT2D eigenvalue weighted by Crippen LogP contribution is 2.31. The molecule has 0 amide bonds. The van der Waals surface area contributed by atoms with E-state index in [0.717, 1.165) is 0 Å². The predicted molar refractivity (Wildman–Crippen MR) is 70.4 cm³/mol. The highest BCUT2D eigenvalue weighted by Gasteiger charge is 2.48. The Hall–Kier alpha value is -0.950. The van der Waals surface area contributed by atoms with Crippen LogP contribution < -0.4 is 11.2 Å². The van der Waals surface area contributed by atoms with Crippen molar-refractivity contribution in [3.63, 3.8) is 0 Å². The van der Waals surface area contributed by atoms with Gasteiger partial charge in [-0.05, 0) is 18.6 Å². The van der Waals surface area contributed by atoms with Gasteiger partial charge in [0.2, 0.25) is 0 Å². The molecule has 18 heavy (non-hydrogen) atoms. The molecular weight excluding hydrogens is 250 g/mol. The summed E-state index contributed by atoms with van der Waals surface area (Å²) in [5.41, 5.74) is 0. The summed E-state index contributed by atoms with van der Waals surface area (Å²) in [6.45, 7) is 3.45. The van der Waals surface area contributed by atoms with Gasteiger partial charge < -0.3 is 5.32 Å². The Balaban J connectivity index is 2.50. The molecule has 1 atom stereocenters. The molecular formula is C12H19N3O2S. The first kappa shape index (κ1) is 13.5. The zero-order chi connectivity index (χ0) is 13.2. The number of nitrogens with two attached hydrogens (primary N) is 1. The van der Waals surface area contributed by atoms with E-state index in [1.165, 1.54) is 5.01 Å². The van der Waals surface area contributed by atoms with E-state index in [2.05, 4.69) is 5.32 Å².